The van der Waals surface area contributed by atoms with E-state index in [0.29, 0.717) is 25.1 Å². The summed E-state index contributed by atoms with van der Waals surface area (Å²) in [6.45, 7) is 0.323. The van der Waals surface area contributed by atoms with Gasteiger partial charge in [-0.15, -0.1) is 0 Å². The standard InChI is InChI=1S/C14H19N3O4/c1-16(9-14(19)6-2-3-7-14)11-5-4-10(13(15)18)8-12(11)17(20)21/h4-5,8,19H,2-3,6-7,9H2,1H3,(H2,15,18). The molecule has 1 aliphatic carbocycles. The molecule has 0 spiro atoms. The fourth-order valence-corrected chi connectivity index (χ4v) is 2.86. The average molecular weight is 293 g/mol. The zero-order valence-electron chi connectivity index (χ0n) is 11.9. The first kappa shape index (κ1) is 15.2. The van der Waals surface area contributed by atoms with Crippen molar-refractivity contribution in [1.82, 2.24) is 0 Å². The van der Waals surface area contributed by atoms with Crippen molar-refractivity contribution in [3.05, 3.63) is 33.9 Å². The van der Waals surface area contributed by atoms with Crippen LogP contribution in [0.25, 0.3) is 0 Å². The number of nitro groups is 1. The van der Waals surface area contributed by atoms with E-state index in [1.54, 1.807) is 11.9 Å². The first-order valence-corrected chi connectivity index (χ1v) is 6.84. The SMILES string of the molecule is CN(CC1(O)CCCC1)c1ccc(C(N)=O)cc1[N+](=O)[O-]. The van der Waals surface area contributed by atoms with Crippen molar-refractivity contribution in [2.75, 3.05) is 18.5 Å². The molecular weight excluding hydrogens is 274 g/mol. The van der Waals surface area contributed by atoms with Gasteiger partial charge in [0.15, 0.2) is 0 Å². The van der Waals surface area contributed by atoms with Crippen molar-refractivity contribution >= 4 is 17.3 Å². The molecule has 1 fully saturated rings. The highest BCUT2D eigenvalue weighted by Crippen LogP contribution is 2.34. The van der Waals surface area contributed by atoms with Crippen LogP contribution >= 0.6 is 0 Å². The minimum Gasteiger partial charge on any atom is -0.388 e. The topological polar surface area (TPSA) is 110 Å². The number of nitro benzene ring substituents is 1. The van der Waals surface area contributed by atoms with Gasteiger partial charge in [-0.1, -0.05) is 12.8 Å². The third-order valence-electron chi connectivity index (χ3n) is 3.93. The Morgan fingerprint density at radius 1 is 1.48 bits per heavy atom. The van der Waals surface area contributed by atoms with Gasteiger partial charge in [0.05, 0.1) is 10.5 Å². The van der Waals surface area contributed by atoms with Gasteiger partial charge in [-0.2, -0.15) is 0 Å². The lowest BCUT2D eigenvalue weighted by Crippen LogP contribution is -2.39. The molecule has 0 heterocycles. The van der Waals surface area contributed by atoms with E-state index >= 15 is 0 Å². The maximum Gasteiger partial charge on any atom is 0.293 e. The number of nitrogens with zero attached hydrogens (tertiary/aromatic N) is 2. The predicted molar refractivity (Wildman–Crippen MR) is 78.3 cm³/mol. The molecule has 114 valence electrons. The number of likely N-dealkylation sites (N-methyl/N-ethyl adjacent to an activating group) is 1. The van der Waals surface area contributed by atoms with Crippen LogP contribution in [-0.2, 0) is 0 Å². The average Bonchev–Trinajstić information content (AvgIpc) is 2.84. The minimum absolute atomic E-state index is 0.0958. The molecule has 0 saturated heterocycles. The van der Waals surface area contributed by atoms with Crippen LogP contribution in [-0.4, -0.2) is 35.1 Å². The Hall–Kier alpha value is -2.15. The summed E-state index contributed by atoms with van der Waals surface area (Å²) in [5.74, 6) is -0.707. The fourth-order valence-electron chi connectivity index (χ4n) is 2.86. The Balaban J connectivity index is 2.29. The molecule has 2 rings (SSSR count). The third kappa shape index (κ3) is 3.30. The zero-order valence-corrected chi connectivity index (χ0v) is 11.9. The largest absolute Gasteiger partial charge is 0.388 e. The summed E-state index contributed by atoms with van der Waals surface area (Å²) in [6.07, 6.45) is 3.33. The lowest BCUT2D eigenvalue weighted by molar-refractivity contribution is -0.384. The van der Waals surface area contributed by atoms with Crippen LogP contribution in [0.2, 0.25) is 0 Å². The Labute approximate surface area is 122 Å². The molecule has 21 heavy (non-hydrogen) atoms. The van der Waals surface area contributed by atoms with Gasteiger partial charge in [0.2, 0.25) is 5.91 Å². The molecule has 7 nitrogen and oxygen atoms in total. The van der Waals surface area contributed by atoms with Crippen molar-refractivity contribution in [2.24, 2.45) is 5.73 Å². The summed E-state index contributed by atoms with van der Waals surface area (Å²) in [7, 11) is 1.70. The maximum atomic E-state index is 11.2. The van der Waals surface area contributed by atoms with E-state index in [0.717, 1.165) is 12.8 Å². The van der Waals surface area contributed by atoms with Crippen LogP contribution < -0.4 is 10.6 Å². The first-order valence-electron chi connectivity index (χ1n) is 6.84. The quantitative estimate of drug-likeness (QED) is 0.630. The Morgan fingerprint density at radius 3 is 2.62 bits per heavy atom. The van der Waals surface area contributed by atoms with E-state index in [9.17, 15) is 20.0 Å². The first-order chi connectivity index (χ1) is 9.82. The van der Waals surface area contributed by atoms with Crippen LogP contribution in [0.4, 0.5) is 11.4 Å². The highest BCUT2D eigenvalue weighted by atomic mass is 16.6. The number of hydrogen-bond donors (Lipinski definition) is 2. The van der Waals surface area contributed by atoms with E-state index in [1.165, 1.54) is 18.2 Å². The molecule has 0 radical (unpaired) electrons. The molecule has 0 bridgehead atoms. The van der Waals surface area contributed by atoms with Crippen LogP contribution in [0.3, 0.4) is 0 Å². The van der Waals surface area contributed by atoms with E-state index < -0.39 is 16.4 Å². The van der Waals surface area contributed by atoms with Crippen molar-refractivity contribution in [1.29, 1.82) is 0 Å². The molecule has 0 unspecified atom stereocenters. The summed E-state index contributed by atoms with van der Waals surface area (Å²) in [4.78, 5) is 23.4. The number of carbonyl (C=O) groups is 1. The predicted octanol–water partition coefficient (Wildman–Crippen LogP) is 1.43. The maximum absolute atomic E-state index is 11.2. The van der Waals surface area contributed by atoms with Crippen molar-refractivity contribution in [3.63, 3.8) is 0 Å². The van der Waals surface area contributed by atoms with Gasteiger partial charge in [-0.05, 0) is 25.0 Å². The molecule has 1 aromatic carbocycles. The third-order valence-corrected chi connectivity index (χ3v) is 3.93. The second-order valence-electron chi connectivity index (χ2n) is 5.61. The van der Waals surface area contributed by atoms with Crippen molar-refractivity contribution < 1.29 is 14.8 Å². The number of anilines is 1. The van der Waals surface area contributed by atoms with Gasteiger partial charge in [0.25, 0.3) is 5.69 Å². The Bertz CT molecular complexity index is 567. The highest BCUT2D eigenvalue weighted by Gasteiger charge is 2.33. The summed E-state index contributed by atoms with van der Waals surface area (Å²) >= 11 is 0. The summed E-state index contributed by atoms with van der Waals surface area (Å²) in [5.41, 5.74) is 4.62. The number of aliphatic hydroxyl groups is 1. The van der Waals surface area contributed by atoms with Crippen LogP contribution in [0.15, 0.2) is 18.2 Å². The number of nitrogens with two attached hydrogens (primary N) is 1. The van der Waals surface area contributed by atoms with Gasteiger partial charge in [0, 0.05) is 25.2 Å². The highest BCUT2D eigenvalue weighted by molar-refractivity contribution is 5.94. The lowest BCUT2D eigenvalue weighted by Gasteiger charge is -2.29. The molecule has 0 aromatic heterocycles. The van der Waals surface area contributed by atoms with Crippen LogP contribution in [0.1, 0.15) is 36.0 Å². The molecule has 1 aliphatic rings. The molecular formula is C14H19N3O4. The Kier molecular flexibility index (Phi) is 4.13. The van der Waals surface area contributed by atoms with Crippen LogP contribution in [0.5, 0.6) is 0 Å². The monoisotopic (exact) mass is 293 g/mol. The van der Waals surface area contributed by atoms with Gasteiger partial charge in [0.1, 0.15) is 5.69 Å². The van der Waals surface area contributed by atoms with E-state index in [2.05, 4.69) is 0 Å². The van der Waals surface area contributed by atoms with Gasteiger partial charge < -0.3 is 15.7 Å². The van der Waals surface area contributed by atoms with E-state index in [4.69, 9.17) is 5.73 Å². The smallest absolute Gasteiger partial charge is 0.293 e. The Morgan fingerprint density at radius 2 is 2.10 bits per heavy atom. The normalized spacial score (nSPS) is 16.7. The molecule has 1 saturated carbocycles. The second kappa shape index (κ2) is 5.69. The van der Waals surface area contributed by atoms with E-state index in [-0.39, 0.29) is 11.3 Å². The minimum atomic E-state index is -0.801. The van der Waals surface area contributed by atoms with Crippen molar-refractivity contribution in [3.8, 4) is 0 Å². The second-order valence-corrected chi connectivity index (χ2v) is 5.61. The summed E-state index contributed by atoms with van der Waals surface area (Å²) in [5, 5.41) is 21.6. The lowest BCUT2D eigenvalue weighted by atomic mass is 10.0. The number of benzene rings is 1. The number of hydrogen-bond acceptors (Lipinski definition) is 5. The number of carbonyl (C=O) groups excluding carboxylic acids is 1. The summed E-state index contributed by atoms with van der Waals surface area (Å²) < 4.78 is 0. The molecule has 1 aromatic rings. The van der Waals surface area contributed by atoms with Crippen LogP contribution in [0, 0.1) is 10.1 Å². The number of primary amides is 1. The number of amides is 1. The number of rotatable bonds is 5. The summed E-state index contributed by atoms with van der Waals surface area (Å²) in [6, 6.07) is 4.13. The van der Waals surface area contributed by atoms with Gasteiger partial charge in [-0.25, -0.2) is 0 Å². The molecule has 0 aliphatic heterocycles. The zero-order chi connectivity index (χ0) is 15.6. The molecule has 0 atom stereocenters. The van der Waals surface area contributed by atoms with Gasteiger partial charge >= 0.3 is 0 Å². The fraction of sp³-hybridized carbons (Fsp3) is 0.500. The molecule has 3 N–H and O–H groups in total. The van der Waals surface area contributed by atoms with E-state index in [1.807, 2.05) is 0 Å². The van der Waals surface area contributed by atoms with Crippen molar-refractivity contribution in [2.45, 2.75) is 31.3 Å². The molecule has 1 amide bonds. The van der Waals surface area contributed by atoms with Gasteiger partial charge in [-0.3, -0.25) is 14.9 Å². The molecule has 7 heteroatoms.